The zero-order valence-electron chi connectivity index (χ0n) is 18.2. The standard InChI is InChI=1S/C24H26ClN3O4/c1-17-22(16-31-21-8-4-6-19(25)14-21)23(26-32-17)24(29)28-11-9-27(10-12-28)15-18-5-3-7-20(13-18)30-2/h3-8,13-14H,9-12,15-16H2,1-2H3. The number of hydrogen-bond donors (Lipinski definition) is 0. The number of carbonyl (C=O) groups excluding carboxylic acids is 1. The number of halogens is 1. The van der Waals surface area contributed by atoms with Crippen LogP contribution in [0.2, 0.25) is 5.02 Å². The summed E-state index contributed by atoms with van der Waals surface area (Å²) >= 11 is 6.02. The second-order valence-electron chi connectivity index (χ2n) is 7.73. The molecule has 3 aromatic rings. The van der Waals surface area contributed by atoms with Crippen molar-refractivity contribution in [2.75, 3.05) is 33.3 Å². The number of rotatable bonds is 7. The predicted octanol–water partition coefficient (Wildman–Crippen LogP) is 4.18. The van der Waals surface area contributed by atoms with Gasteiger partial charge >= 0.3 is 0 Å². The van der Waals surface area contributed by atoms with Crippen molar-refractivity contribution in [3.63, 3.8) is 0 Å². The SMILES string of the molecule is COc1cccc(CN2CCN(C(=O)c3noc(C)c3COc3cccc(Cl)c3)CC2)c1. The molecular weight excluding hydrogens is 430 g/mol. The normalized spacial score (nSPS) is 14.4. The zero-order valence-corrected chi connectivity index (χ0v) is 19.0. The van der Waals surface area contributed by atoms with Crippen LogP contribution in [0.25, 0.3) is 0 Å². The van der Waals surface area contributed by atoms with Gasteiger partial charge in [0, 0.05) is 37.7 Å². The van der Waals surface area contributed by atoms with Crippen LogP contribution in [-0.2, 0) is 13.2 Å². The van der Waals surface area contributed by atoms with E-state index in [1.54, 1.807) is 26.2 Å². The molecule has 0 aliphatic carbocycles. The molecule has 0 saturated carbocycles. The predicted molar refractivity (Wildman–Crippen MR) is 121 cm³/mol. The second-order valence-corrected chi connectivity index (χ2v) is 8.17. The third-order valence-electron chi connectivity index (χ3n) is 5.57. The van der Waals surface area contributed by atoms with Crippen molar-refractivity contribution in [3.8, 4) is 11.5 Å². The van der Waals surface area contributed by atoms with Gasteiger partial charge in [0.15, 0.2) is 5.69 Å². The lowest BCUT2D eigenvalue weighted by molar-refractivity contribution is 0.0616. The Balaban J connectivity index is 1.36. The van der Waals surface area contributed by atoms with Gasteiger partial charge < -0.3 is 18.9 Å². The largest absolute Gasteiger partial charge is 0.497 e. The Kier molecular flexibility index (Phi) is 6.97. The monoisotopic (exact) mass is 455 g/mol. The summed E-state index contributed by atoms with van der Waals surface area (Å²) in [5.41, 5.74) is 2.16. The first-order valence-electron chi connectivity index (χ1n) is 10.5. The number of amides is 1. The average Bonchev–Trinajstić information content (AvgIpc) is 3.18. The van der Waals surface area contributed by atoms with Gasteiger partial charge in [-0.15, -0.1) is 0 Å². The van der Waals surface area contributed by atoms with Gasteiger partial charge in [0.2, 0.25) is 0 Å². The molecule has 0 atom stereocenters. The molecule has 0 spiro atoms. The fraction of sp³-hybridized carbons (Fsp3) is 0.333. The highest BCUT2D eigenvalue weighted by Gasteiger charge is 2.28. The fourth-order valence-corrected chi connectivity index (χ4v) is 3.91. The lowest BCUT2D eigenvalue weighted by Crippen LogP contribution is -2.48. The van der Waals surface area contributed by atoms with Gasteiger partial charge in [-0.25, -0.2) is 0 Å². The van der Waals surface area contributed by atoms with E-state index in [0.717, 1.165) is 25.4 Å². The van der Waals surface area contributed by atoms with Crippen LogP contribution in [0.15, 0.2) is 53.1 Å². The lowest BCUT2D eigenvalue weighted by Gasteiger charge is -2.34. The maximum absolute atomic E-state index is 13.1. The van der Waals surface area contributed by atoms with E-state index in [4.69, 9.17) is 25.6 Å². The van der Waals surface area contributed by atoms with Crippen molar-refractivity contribution in [1.82, 2.24) is 15.0 Å². The Hall–Kier alpha value is -3.03. The minimum Gasteiger partial charge on any atom is -0.497 e. The highest BCUT2D eigenvalue weighted by molar-refractivity contribution is 6.30. The highest BCUT2D eigenvalue weighted by atomic mass is 35.5. The Bertz CT molecular complexity index is 1080. The van der Waals surface area contributed by atoms with Crippen LogP contribution < -0.4 is 9.47 Å². The average molecular weight is 456 g/mol. The molecule has 1 amide bonds. The number of aromatic nitrogens is 1. The summed E-state index contributed by atoms with van der Waals surface area (Å²) in [7, 11) is 1.67. The Labute approximate surface area is 192 Å². The summed E-state index contributed by atoms with van der Waals surface area (Å²) in [4.78, 5) is 17.3. The van der Waals surface area contributed by atoms with Crippen molar-refractivity contribution in [2.24, 2.45) is 0 Å². The van der Waals surface area contributed by atoms with E-state index in [0.29, 0.717) is 40.9 Å². The maximum atomic E-state index is 13.1. The van der Waals surface area contributed by atoms with E-state index in [9.17, 15) is 4.79 Å². The molecule has 1 aliphatic rings. The molecule has 2 aromatic carbocycles. The molecule has 168 valence electrons. The third-order valence-corrected chi connectivity index (χ3v) is 5.80. The second kappa shape index (κ2) is 10.1. The van der Waals surface area contributed by atoms with Crippen molar-refractivity contribution in [3.05, 3.63) is 76.1 Å². The van der Waals surface area contributed by atoms with E-state index < -0.39 is 0 Å². The molecule has 1 saturated heterocycles. The van der Waals surface area contributed by atoms with E-state index in [-0.39, 0.29) is 12.5 Å². The molecule has 1 aliphatic heterocycles. The molecule has 0 bridgehead atoms. The van der Waals surface area contributed by atoms with Gasteiger partial charge in [-0.05, 0) is 42.8 Å². The number of ether oxygens (including phenoxy) is 2. The number of hydrogen-bond acceptors (Lipinski definition) is 6. The molecule has 0 N–H and O–H groups in total. The van der Waals surface area contributed by atoms with Gasteiger partial charge in [0.1, 0.15) is 23.9 Å². The first-order chi connectivity index (χ1) is 15.5. The summed E-state index contributed by atoms with van der Waals surface area (Å²) in [5.74, 6) is 1.92. The van der Waals surface area contributed by atoms with Crippen LogP contribution in [0, 0.1) is 6.92 Å². The molecule has 7 nitrogen and oxygen atoms in total. The van der Waals surface area contributed by atoms with Crippen LogP contribution in [0.3, 0.4) is 0 Å². The summed E-state index contributed by atoms with van der Waals surface area (Å²) in [6.45, 7) is 5.62. The number of piperazine rings is 1. The summed E-state index contributed by atoms with van der Waals surface area (Å²) in [6, 6.07) is 15.2. The topological polar surface area (TPSA) is 68.0 Å². The van der Waals surface area contributed by atoms with Gasteiger partial charge in [0.05, 0.1) is 12.7 Å². The first-order valence-corrected chi connectivity index (χ1v) is 10.9. The van der Waals surface area contributed by atoms with Crippen LogP contribution >= 0.6 is 11.6 Å². The molecule has 1 aromatic heterocycles. The van der Waals surface area contributed by atoms with Crippen LogP contribution in [-0.4, -0.2) is 54.2 Å². The molecule has 8 heteroatoms. The zero-order chi connectivity index (χ0) is 22.5. The van der Waals surface area contributed by atoms with Crippen LogP contribution in [0.1, 0.15) is 27.4 Å². The molecule has 32 heavy (non-hydrogen) atoms. The Morgan fingerprint density at radius 2 is 1.84 bits per heavy atom. The van der Waals surface area contributed by atoms with Crippen molar-refractivity contribution in [1.29, 1.82) is 0 Å². The quantitative estimate of drug-likeness (QED) is 0.532. The van der Waals surface area contributed by atoms with Crippen LogP contribution in [0.4, 0.5) is 0 Å². The van der Waals surface area contributed by atoms with E-state index in [1.165, 1.54) is 5.56 Å². The third kappa shape index (κ3) is 5.23. The minimum absolute atomic E-state index is 0.132. The molecule has 1 fully saturated rings. The van der Waals surface area contributed by atoms with Gasteiger partial charge in [0.25, 0.3) is 5.91 Å². The van der Waals surface area contributed by atoms with Crippen molar-refractivity contribution < 1.29 is 18.8 Å². The number of carbonyl (C=O) groups is 1. The summed E-state index contributed by atoms with van der Waals surface area (Å²) in [6.07, 6.45) is 0. The maximum Gasteiger partial charge on any atom is 0.276 e. The smallest absolute Gasteiger partial charge is 0.276 e. The van der Waals surface area contributed by atoms with Gasteiger partial charge in [-0.1, -0.05) is 35.0 Å². The lowest BCUT2D eigenvalue weighted by atomic mass is 10.1. The number of nitrogens with zero attached hydrogens (tertiary/aromatic N) is 3. The first kappa shape index (κ1) is 22.2. The summed E-state index contributed by atoms with van der Waals surface area (Å²) < 4.78 is 16.4. The Morgan fingerprint density at radius 1 is 1.09 bits per heavy atom. The highest BCUT2D eigenvalue weighted by Crippen LogP contribution is 2.22. The fourth-order valence-electron chi connectivity index (χ4n) is 3.73. The van der Waals surface area contributed by atoms with Gasteiger partial charge in [-0.3, -0.25) is 9.69 Å². The molecule has 4 rings (SSSR count). The summed E-state index contributed by atoms with van der Waals surface area (Å²) in [5, 5.41) is 4.62. The van der Waals surface area contributed by atoms with E-state index in [2.05, 4.69) is 16.1 Å². The van der Waals surface area contributed by atoms with E-state index >= 15 is 0 Å². The van der Waals surface area contributed by atoms with Crippen LogP contribution in [0.5, 0.6) is 11.5 Å². The molecule has 0 radical (unpaired) electrons. The molecular formula is C24H26ClN3O4. The minimum atomic E-state index is -0.132. The van der Waals surface area contributed by atoms with Crippen molar-refractivity contribution >= 4 is 17.5 Å². The van der Waals surface area contributed by atoms with E-state index in [1.807, 2.05) is 35.2 Å². The molecule has 0 unspecified atom stereocenters. The number of aryl methyl sites for hydroxylation is 1. The number of benzene rings is 2. The molecule has 2 heterocycles. The Morgan fingerprint density at radius 3 is 2.59 bits per heavy atom. The van der Waals surface area contributed by atoms with Crippen molar-refractivity contribution in [2.45, 2.75) is 20.1 Å². The number of methoxy groups -OCH3 is 1. The van der Waals surface area contributed by atoms with Gasteiger partial charge in [-0.2, -0.15) is 0 Å².